The van der Waals surface area contributed by atoms with Gasteiger partial charge in [0.25, 0.3) is 6.47 Å². The molecule has 3 aromatic rings. The Morgan fingerprint density at radius 1 is 1.10 bits per heavy atom. The molecular weight excluding hydrogens is 530 g/mol. The highest BCUT2D eigenvalue weighted by molar-refractivity contribution is 6.30. The van der Waals surface area contributed by atoms with Crippen molar-refractivity contribution in [1.82, 2.24) is 29.7 Å². The number of likely N-dealkylation sites (tertiary alicyclic amines) is 1. The number of imidazole rings is 1. The molecule has 11 heteroatoms. The molecule has 10 nitrogen and oxygen atoms in total. The van der Waals surface area contributed by atoms with Crippen LogP contribution in [-0.2, 0) is 29.1 Å². The minimum Gasteiger partial charge on any atom is -0.483 e. The van der Waals surface area contributed by atoms with Gasteiger partial charge in [0.2, 0.25) is 5.91 Å². The van der Waals surface area contributed by atoms with Gasteiger partial charge in [-0.15, -0.1) is 0 Å². The molecule has 0 unspecified atom stereocenters. The molecule has 0 saturated carbocycles. The number of hydrogen-bond donors (Lipinski definition) is 2. The van der Waals surface area contributed by atoms with E-state index in [4.69, 9.17) is 26.5 Å². The maximum absolute atomic E-state index is 13.2. The Bertz CT molecular complexity index is 1310. The van der Waals surface area contributed by atoms with E-state index in [1.807, 2.05) is 12.1 Å². The Labute approximate surface area is 239 Å². The third-order valence-electron chi connectivity index (χ3n) is 8.28. The average molecular weight is 568 g/mol. The van der Waals surface area contributed by atoms with E-state index in [-0.39, 0.29) is 18.3 Å². The fourth-order valence-electron chi connectivity index (χ4n) is 6.19. The Balaban J connectivity index is 0.00000103. The Morgan fingerprint density at radius 2 is 1.93 bits per heavy atom. The molecule has 6 rings (SSSR count). The van der Waals surface area contributed by atoms with Crippen LogP contribution in [0.5, 0.6) is 0 Å². The van der Waals surface area contributed by atoms with E-state index < -0.39 is 0 Å². The maximum Gasteiger partial charge on any atom is 0.290 e. The minimum absolute atomic E-state index is 0.0149. The topological polar surface area (TPSA) is 116 Å². The molecule has 0 radical (unpaired) electrons. The summed E-state index contributed by atoms with van der Waals surface area (Å²) in [7, 11) is 0. The van der Waals surface area contributed by atoms with Crippen molar-refractivity contribution in [2.24, 2.45) is 11.8 Å². The van der Waals surface area contributed by atoms with Gasteiger partial charge >= 0.3 is 0 Å². The fraction of sp³-hybridized carbons (Fsp3) is 0.552. The number of carboxylic acid groups (broad SMARTS) is 1. The summed E-state index contributed by atoms with van der Waals surface area (Å²) in [5, 5.41) is 11.0. The third-order valence-corrected chi connectivity index (χ3v) is 8.52. The summed E-state index contributed by atoms with van der Waals surface area (Å²) in [6.45, 7) is 6.15. The first-order valence-corrected chi connectivity index (χ1v) is 14.7. The first-order chi connectivity index (χ1) is 19.6. The van der Waals surface area contributed by atoms with Gasteiger partial charge in [-0.1, -0.05) is 23.7 Å². The van der Waals surface area contributed by atoms with Gasteiger partial charge in [-0.3, -0.25) is 14.5 Å². The zero-order valence-corrected chi connectivity index (χ0v) is 23.6. The fourth-order valence-corrected chi connectivity index (χ4v) is 6.41. The highest BCUT2D eigenvalue weighted by atomic mass is 35.5. The van der Waals surface area contributed by atoms with Gasteiger partial charge in [-0.25, -0.2) is 15.0 Å². The number of halogens is 1. The van der Waals surface area contributed by atoms with Gasteiger partial charge < -0.3 is 19.9 Å². The van der Waals surface area contributed by atoms with E-state index in [0.29, 0.717) is 12.5 Å². The lowest BCUT2D eigenvalue weighted by atomic mass is 9.94. The monoisotopic (exact) mass is 567 g/mol. The highest BCUT2D eigenvalue weighted by Crippen LogP contribution is 2.30. The minimum atomic E-state index is -0.250. The van der Waals surface area contributed by atoms with Gasteiger partial charge in [0.1, 0.15) is 12.2 Å². The maximum atomic E-state index is 13.2. The lowest BCUT2D eigenvalue weighted by Gasteiger charge is -2.34. The van der Waals surface area contributed by atoms with Crippen molar-refractivity contribution in [2.75, 3.05) is 37.6 Å². The molecule has 0 spiro atoms. The van der Waals surface area contributed by atoms with E-state index in [2.05, 4.69) is 41.8 Å². The van der Waals surface area contributed by atoms with E-state index in [0.717, 1.165) is 99.2 Å². The van der Waals surface area contributed by atoms with Crippen molar-refractivity contribution in [2.45, 2.75) is 58.0 Å². The van der Waals surface area contributed by atoms with Crippen LogP contribution in [0.3, 0.4) is 0 Å². The lowest BCUT2D eigenvalue weighted by molar-refractivity contribution is -0.125. The predicted molar refractivity (Wildman–Crippen MR) is 154 cm³/mol. The molecule has 214 valence electrons. The van der Waals surface area contributed by atoms with E-state index >= 15 is 0 Å². The van der Waals surface area contributed by atoms with Crippen LogP contribution in [0.2, 0.25) is 5.02 Å². The molecule has 2 N–H and O–H groups in total. The molecule has 2 saturated heterocycles. The summed E-state index contributed by atoms with van der Waals surface area (Å²) in [6.07, 6.45) is 9.14. The molecule has 2 fully saturated rings. The molecule has 0 bridgehead atoms. The number of rotatable bonds is 6. The summed E-state index contributed by atoms with van der Waals surface area (Å²) in [5.74, 6) is 2.71. The summed E-state index contributed by atoms with van der Waals surface area (Å²) in [6, 6.07) is 8.13. The summed E-state index contributed by atoms with van der Waals surface area (Å²) < 4.78 is 2.25. The largest absolute Gasteiger partial charge is 0.483 e. The first kappa shape index (κ1) is 28.3. The second-order valence-electron chi connectivity index (χ2n) is 11.0. The molecule has 0 aliphatic carbocycles. The summed E-state index contributed by atoms with van der Waals surface area (Å²) in [4.78, 5) is 40.4. The molecule has 2 aromatic heterocycles. The van der Waals surface area contributed by atoms with Crippen LogP contribution in [0.4, 0.5) is 5.82 Å². The average Bonchev–Trinajstić information content (AvgIpc) is 3.36. The van der Waals surface area contributed by atoms with Gasteiger partial charge in [0.15, 0.2) is 17.0 Å². The molecule has 1 amide bonds. The summed E-state index contributed by atoms with van der Waals surface area (Å²) in [5.41, 5.74) is 3.09. The second kappa shape index (κ2) is 13.4. The Morgan fingerprint density at radius 3 is 2.73 bits per heavy atom. The Hall–Kier alpha value is -3.24. The molecule has 1 aromatic carbocycles. The number of nitrogens with zero attached hydrogens (tertiary/aromatic N) is 6. The van der Waals surface area contributed by atoms with Crippen LogP contribution in [0.25, 0.3) is 11.2 Å². The first-order valence-electron chi connectivity index (χ1n) is 14.3. The smallest absolute Gasteiger partial charge is 0.290 e. The van der Waals surface area contributed by atoms with Crippen molar-refractivity contribution in [1.29, 1.82) is 0 Å². The zero-order valence-electron chi connectivity index (χ0n) is 22.8. The van der Waals surface area contributed by atoms with E-state index in [9.17, 15) is 4.79 Å². The van der Waals surface area contributed by atoms with Crippen LogP contribution in [-0.4, -0.2) is 74.6 Å². The van der Waals surface area contributed by atoms with Crippen molar-refractivity contribution in [3.8, 4) is 0 Å². The zero-order chi connectivity index (χ0) is 27.9. The van der Waals surface area contributed by atoms with E-state index in [1.54, 1.807) is 6.33 Å². The van der Waals surface area contributed by atoms with Crippen LogP contribution in [0, 0.1) is 11.8 Å². The molecule has 3 aliphatic heterocycles. The predicted octanol–water partition coefficient (Wildman–Crippen LogP) is 3.76. The number of aromatic nitrogens is 4. The van der Waals surface area contributed by atoms with Crippen molar-refractivity contribution >= 4 is 41.0 Å². The van der Waals surface area contributed by atoms with Crippen LogP contribution in [0.15, 0.2) is 30.6 Å². The quantitative estimate of drug-likeness (QED) is 0.433. The standard InChI is InChI=1S/C28H36ClN7O.CH2O2/c29-23-7-3-5-21(15-23)17-34-13-9-20(10-14-34)16-30-28(37)22-6-4-11-35(18-22)26-25-27(32-19-31-26)36-12-2-1-8-24(36)33-25;2-1-3/h3,5,7,15,19-20,22H,1-2,4,6,8-14,16-18H2,(H,30,37);1H,(H,2,3)/t22-;/m1./s1. The van der Waals surface area contributed by atoms with Gasteiger partial charge in [-0.05, 0) is 75.2 Å². The normalized spacial score (nSPS) is 19.9. The van der Waals surface area contributed by atoms with Crippen molar-refractivity contribution in [3.63, 3.8) is 0 Å². The van der Waals surface area contributed by atoms with Crippen LogP contribution in [0.1, 0.15) is 49.9 Å². The number of amides is 1. The number of aryl methyl sites for hydroxylation is 2. The van der Waals surface area contributed by atoms with Crippen LogP contribution < -0.4 is 10.2 Å². The number of benzene rings is 1. The van der Waals surface area contributed by atoms with E-state index in [1.165, 1.54) is 18.4 Å². The second-order valence-corrected chi connectivity index (χ2v) is 11.4. The number of fused-ring (bicyclic) bond motifs is 3. The van der Waals surface area contributed by atoms with Gasteiger partial charge in [0, 0.05) is 44.2 Å². The summed E-state index contributed by atoms with van der Waals surface area (Å²) >= 11 is 6.14. The lowest BCUT2D eigenvalue weighted by Crippen LogP contribution is -2.45. The highest BCUT2D eigenvalue weighted by Gasteiger charge is 2.30. The van der Waals surface area contributed by atoms with Gasteiger partial charge in [-0.2, -0.15) is 0 Å². The molecule has 40 heavy (non-hydrogen) atoms. The van der Waals surface area contributed by atoms with Crippen molar-refractivity contribution < 1.29 is 14.7 Å². The third kappa shape index (κ3) is 6.72. The Kier molecular flexibility index (Phi) is 9.49. The molecule has 1 atom stereocenters. The number of piperidine rings is 2. The van der Waals surface area contributed by atoms with Crippen LogP contribution >= 0.6 is 11.6 Å². The number of nitrogens with one attached hydrogen (secondary N) is 1. The SMILES string of the molecule is O=C(NCC1CCN(Cc2cccc(Cl)c2)CC1)[C@@H]1CCCN(c2ncnc3c2nc2n3CCCC2)C1.O=CO. The number of carbonyl (C=O) groups is 2. The number of anilines is 1. The molecule has 3 aliphatic rings. The van der Waals surface area contributed by atoms with Gasteiger partial charge in [0.05, 0.1) is 5.92 Å². The molecule has 5 heterocycles. The molecular formula is C29H38ClN7O3. The number of hydrogen-bond acceptors (Lipinski definition) is 7. The van der Waals surface area contributed by atoms with Crippen molar-refractivity contribution in [3.05, 3.63) is 47.0 Å². The number of carbonyl (C=O) groups excluding carboxylic acids is 1.